The fourth-order valence-electron chi connectivity index (χ4n) is 3.76. The number of carbonyl (C=O) groups excluding carboxylic acids is 2. The number of aryl methyl sites for hydroxylation is 1. The molecule has 1 atom stereocenters. The number of nitrogens with zero attached hydrogens (tertiary/aromatic N) is 1. The molecule has 0 aromatic heterocycles. The molecule has 3 nitrogen and oxygen atoms in total. The molecule has 0 radical (unpaired) electrons. The Bertz CT molecular complexity index is 680. The number of hydrogen-bond donors (Lipinski definition) is 0. The molecule has 3 rings (SSSR count). The Morgan fingerprint density at radius 2 is 1.74 bits per heavy atom. The van der Waals surface area contributed by atoms with Gasteiger partial charge in [-0.1, -0.05) is 46.9 Å². The number of halogens is 4. The fraction of sp³-hybridized carbons (Fsp3) is 0.500. The first-order valence-electron chi connectivity index (χ1n) is 7.45. The van der Waals surface area contributed by atoms with Gasteiger partial charge in [-0.15, -0.1) is 0 Å². The summed E-state index contributed by atoms with van der Waals surface area (Å²) in [6.07, 6.45) is 2.23. The van der Waals surface area contributed by atoms with Crippen molar-refractivity contribution in [2.75, 3.05) is 0 Å². The van der Waals surface area contributed by atoms with E-state index in [-0.39, 0.29) is 39.1 Å². The third-order valence-corrected chi connectivity index (χ3v) is 5.38. The van der Waals surface area contributed by atoms with Crippen molar-refractivity contribution in [3.8, 4) is 0 Å². The van der Waals surface area contributed by atoms with Crippen molar-refractivity contribution in [1.29, 1.82) is 0 Å². The van der Waals surface area contributed by atoms with E-state index in [1.54, 1.807) is 0 Å². The second-order valence-electron chi connectivity index (χ2n) is 6.25. The third-order valence-electron chi connectivity index (χ3n) is 4.86. The summed E-state index contributed by atoms with van der Waals surface area (Å²) in [4.78, 5) is 25.2. The lowest BCUT2D eigenvalue weighted by Gasteiger charge is -2.33. The second-order valence-corrected chi connectivity index (χ2v) is 7.09. The lowest BCUT2D eigenvalue weighted by atomic mass is 9.75. The van der Waals surface area contributed by atoms with Gasteiger partial charge in [-0.2, -0.15) is 5.12 Å². The van der Waals surface area contributed by atoms with Crippen molar-refractivity contribution in [3.05, 3.63) is 33.3 Å². The van der Waals surface area contributed by atoms with E-state index >= 15 is 4.39 Å². The highest BCUT2D eigenvalue weighted by Crippen LogP contribution is 2.51. The van der Waals surface area contributed by atoms with Crippen LogP contribution < -0.4 is 0 Å². The number of alkyl halides is 1. The van der Waals surface area contributed by atoms with Crippen LogP contribution in [0.3, 0.4) is 0 Å². The molecule has 1 saturated heterocycles. The number of carbonyl (C=O) groups is 2. The van der Waals surface area contributed by atoms with Crippen molar-refractivity contribution in [2.45, 2.75) is 50.2 Å². The maximum atomic E-state index is 15.7. The van der Waals surface area contributed by atoms with Gasteiger partial charge in [0.1, 0.15) is 5.54 Å². The molecular weight excluding hydrogens is 347 g/mol. The monoisotopic (exact) mass is 361 g/mol. The van der Waals surface area contributed by atoms with E-state index in [2.05, 4.69) is 0 Å². The Balaban J connectivity index is 2.19. The molecule has 1 amide bonds. The van der Waals surface area contributed by atoms with Crippen LogP contribution in [0.1, 0.15) is 43.2 Å². The van der Waals surface area contributed by atoms with Crippen LogP contribution in [0.25, 0.3) is 0 Å². The molecule has 1 aromatic rings. The van der Waals surface area contributed by atoms with E-state index in [0.29, 0.717) is 12.8 Å². The molecule has 1 aliphatic carbocycles. The predicted molar refractivity (Wildman–Crippen MR) is 82.8 cm³/mol. The number of ketones is 1. The molecule has 1 aliphatic heterocycles. The summed E-state index contributed by atoms with van der Waals surface area (Å²) >= 11 is 11.9. The van der Waals surface area contributed by atoms with Crippen molar-refractivity contribution < 1.29 is 18.5 Å². The van der Waals surface area contributed by atoms with Crippen LogP contribution in [-0.2, 0) is 15.3 Å². The van der Waals surface area contributed by atoms with Crippen LogP contribution in [0.15, 0.2) is 12.1 Å². The Morgan fingerprint density at radius 3 is 2.30 bits per heavy atom. The Hall–Kier alpha value is -1.20. The summed E-state index contributed by atoms with van der Waals surface area (Å²) in [6, 6.07) is 2.65. The summed E-state index contributed by atoms with van der Waals surface area (Å²) in [5.41, 5.74) is -4.87. The van der Waals surface area contributed by atoms with Crippen molar-refractivity contribution in [2.24, 2.45) is 0 Å². The van der Waals surface area contributed by atoms with Crippen LogP contribution in [0.5, 0.6) is 0 Å². The summed E-state index contributed by atoms with van der Waals surface area (Å²) in [7, 11) is 0. The van der Waals surface area contributed by atoms with E-state index in [0.717, 1.165) is 6.42 Å². The van der Waals surface area contributed by atoms with Crippen LogP contribution >= 0.6 is 23.2 Å². The molecule has 0 N–H and O–H groups in total. The van der Waals surface area contributed by atoms with Crippen molar-refractivity contribution in [3.63, 3.8) is 0 Å². The van der Waals surface area contributed by atoms with E-state index < -0.39 is 22.9 Å². The molecule has 2 fully saturated rings. The lowest BCUT2D eigenvalue weighted by molar-refractivity contribution is -0.161. The Kier molecular flexibility index (Phi) is 3.92. The van der Waals surface area contributed by atoms with Gasteiger partial charge >= 0.3 is 5.91 Å². The first kappa shape index (κ1) is 16.7. The topological polar surface area (TPSA) is 37.4 Å². The first-order chi connectivity index (χ1) is 10.7. The van der Waals surface area contributed by atoms with Gasteiger partial charge in [0.15, 0.2) is 0 Å². The second kappa shape index (κ2) is 5.42. The zero-order valence-electron chi connectivity index (χ0n) is 12.5. The van der Waals surface area contributed by atoms with Crippen molar-refractivity contribution >= 4 is 34.9 Å². The number of hydrogen-bond acceptors (Lipinski definition) is 2. The van der Waals surface area contributed by atoms with Crippen molar-refractivity contribution in [1.82, 2.24) is 5.12 Å². The molecule has 2 aliphatic rings. The van der Waals surface area contributed by atoms with Crippen LogP contribution in [-0.4, -0.2) is 22.4 Å². The number of rotatable bonds is 1. The van der Waals surface area contributed by atoms with Gasteiger partial charge in [0.05, 0.1) is 0 Å². The fourth-order valence-corrected chi connectivity index (χ4v) is 4.48. The highest BCUT2D eigenvalue weighted by atomic mass is 35.5. The zero-order valence-corrected chi connectivity index (χ0v) is 14.0. The normalized spacial score (nSPS) is 27.1. The molecule has 1 aromatic carbocycles. The Labute approximate surface area is 142 Å². The molecule has 1 saturated carbocycles. The molecule has 7 heteroatoms. The maximum absolute atomic E-state index is 15.7. The molecule has 23 heavy (non-hydrogen) atoms. The highest BCUT2D eigenvalue weighted by Gasteiger charge is 2.70. The molecule has 0 bridgehead atoms. The van der Waals surface area contributed by atoms with Gasteiger partial charge in [-0.3, -0.25) is 9.59 Å². The van der Waals surface area contributed by atoms with E-state index in [4.69, 9.17) is 23.2 Å². The summed E-state index contributed by atoms with van der Waals surface area (Å²) < 4.78 is 30.2. The zero-order chi connectivity index (χ0) is 17.0. The van der Waals surface area contributed by atoms with Crippen LogP contribution in [0.2, 0.25) is 10.0 Å². The minimum Gasteiger partial charge on any atom is -0.292 e. The predicted octanol–water partition coefficient (Wildman–Crippen LogP) is 4.47. The minimum atomic E-state index is -3.10. The van der Waals surface area contributed by atoms with Crippen LogP contribution in [0.4, 0.5) is 8.87 Å². The summed E-state index contributed by atoms with van der Waals surface area (Å²) in [5, 5.41) is -0.0959. The molecule has 1 unspecified atom stereocenters. The minimum absolute atomic E-state index is 0.129. The van der Waals surface area contributed by atoms with Gasteiger partial charge in [0.25, 0.3) is 5.67 Å². The average Bonchev–Trinajstić information content (AvgIpc) is 2.63. The molecule has 124 valence electrons. The van der Waals surface area contributed by atoms with Gasteiger partial charge < -0.3 is 0 Å². The number of Topliss-reactive ketones (excluding diaryl/α,β-unsaturated/α-hetero) is 1. The quantitative estimate of drug-likeness (QED) is 0.546. The largest absolute Gasteiger partial charge is 0.301 e. The number of amides is 1. The Morgan fingerprint density at radius 1 is 1.13 bits per heavy atom. The summed E-state index contributed by atoms with van der Waals surface area (Å²) in [5.74, 6) is -2.54. The van der Waals surface area contributed by atoms with Crippen LogP contribution in [0, 0.1) is 6.92 Å². The van der Waals surface area contributed by atoms with E-state index in [1.807, 2.05) is 0 Å². The average molecular weight is 362 g/mol. The first-order valence-corrected chi connectivity index (χ1v) is 8.21. The lowest BCUT2D eigenvalue weighted by Crippen LogP contribution is -2.48. The van der Waals surface area contributed by atoms with Gasteiger partial charge in [-0.05, 0) is 37.5 Å². The standard InChI is InChI=1S/C16H15Cl2F2NO2/c1-9-7-10(17)8-11(18)12(9)16(19)13(22)15(21(20)14(16)23)5-3-2-4-6-15/h7-8H,2-6H2,1H3. The summed E-state index contributed by atoms with van der Waals surface area (Å²) in [6.45, 7) is 1.49. The third kappa shape index (κ3) is 2.13. The van der Waals surface area contributed by atoms with Gasteiger partial charge in [-0.25, -0.2) is 4.39 Å². The highest BCUT2D eigenvalue weighted by molar-refractivity contribution is 6.36. The van der Waals surface area contributed by atoms with E-state index in [9.17, 15) is 14.1 Å². The molecule has 1 spiro atoms. The van der Waals surface area contributed by atoms with Gasteiger partial charge in [0.2, 0.25) is 5.78 Å². The number of benzene rings is 1. The molecule has 1 heterocycles. The maximum Gasteiger partial charge on any atom is 0.301 e. The van der Waals surface area contributed by atoms with E-state index in [1.165, 1.54) is 19.1 Å². The van der Waals surface area contributed by atoms with Gasteiger partial charge in [0, 0.05) is 15.6 Å². The molecular formula is C16H15Cl2F2NO2. The SMILES string of the molecule is Cc1cc(Cl)cc(Cl)c1C1(F)C(=O)N(F)C2(CCCCC2)C1=O. The smallest absolute Gasteiger partial charge is 0.292 e.